The van der Waals surface area contributed by atoms with E-state index in [0.29, 0.717) is 12.2 Å². The van der Waals surface area contributed by atoms with Crippen LogP contribution in [-0.4, -0.2) is 27.6 Å². The van der Waals surface area contributed by atoms with E-state index < -0.39 is 5.97 Å². The van der Waals surface area contributed by atoms with Crippen LogP contribution in [0, 0.1) is 0 Å². The Balaban J connectivity index is 2.17. The van der Waals surface area contributed by atoms with Crippen molar-refractivity contribution >= 4 is 5.97 Å². The molecule has 0 aliphatic rings. The van der Waals surface area contributed by atoms with Gasteiger partial charge < -0.3 is 10.4 Å². The summed E-state index contributed by atoms with van der Waals surface area (Å²) in [5.74, 6) is -0.975. The monoisotopic (exact) mass is 265 g/mol. The van der Waals surface area contributed by atoms with E-state index in [2.05, 4.69) is 22.2 Å². The number of aromatic carboxylic acids is 1. The Morgan fingerprint density at radius 1 is 1.26 bits per heavy atom. The van der Waals surface area contributed by atoms with Crippen molar-refractivity contribution in [3.63, 3.8) is 0 Å². The zero-order valence-corrected chi connectivity index (χ0v) is 11.6. The van der Waals surface area contributed by atoms with E-state index in [9.17, 15) is 4.79 Å². The maximum absolute atomic E-state index is 10.9. The molecule has 0 saturated heterocycles. The highest BCUT2D eigenvalue weighted by molar-refractivity contribution is 5.88. The molecular weight excluding hydrogens is 242 g/mol. The molecule has 2 N–H and O–H groups in total. The van der Waals surface area contributed by atoms with Gasteiger partial charge in [-0.25, -0.2) is 14.8 Å². The lowest BCUT2D eigenvalue weighted by atomic mass is 10.1. The number of aromatic nitrogens is 2. The van der Waals surface area contributed by atoms with Crippen LogP contribution < -0.4 is 5.32 Å². The zero-order chi connectivity index (χ0) is 13.9. The lowest BCUT2D eigenvalue weighted by Gasteiger charge is -2.06. The van der Waals surface area contributed by atoms with E-state index in [1.807, 2.05) is 0 Å². The number of carboxylic acids is 1. The Hall–Kier alpha value is -1.49. The summed E-state index contributed by atoms with van der Waals surface area (Å²) in [6.45, 7) is 3.59. The highest BCUT2D eigenvalue weighted by Crippen LogP contribution is 2.05. The van der Waals surface area contributed by atoms with Crippen LogP contribution in [0.25, 0.3) is 0 Å². The van der Waals surface area contributed by atoms with Gasteiger partial charge in [0.15, 0.2) is 0 Å². The fraction of sp³-hybridized carbons (Fsp3) is 0.643. The third-order valence-corrected chi connectivity index (χ3v) is 3.02. The Bertz CT molecular complexity index is 383. The molecule has 0 fully saturated rings. The molecule has 0 atom stereocenters. The minimum absolute atomic E-state index is 0.179. The summed E-state index contributed by atoms with van der Waals surface area (Å²) < 4.78 is 0. The summed E-state index contributed by atoms with van der Waals surface area (Å²) in [5, 5.41) is 12.2. The van der Waals surface area contributed by atoms with Crippen LogP contribution in [-0.2, 0) is 6.54 Å². The van der Waals surface area contributed by atoms with E-state index in [1.165, 1.54) is 44.6 Å². The fourth-order valence-electron chi connectivity index (χ4n) is 1.91. The number of nitrogens with zero attached hydrogens (tertiary/aromatic N) is 2. The van der Waals surface area contributed by atoms with Gasteiger partial charge in [-0.05, 0) is 13.0 Å². The number of unbranched alkanes of at least 4 members (excludes halogenated alkanes) is 5. The molecule has 0 unspecified atom stereocenters. The minimum atomic E-state index is -0.975. The van der Waals surface area contributed by atoms with Crippen LogP contribution in [0.2, 0.25) is 0 Å². The second-order valence-corrected chi connectivity index (χ2v) is 4.63. The molecule has 1 rings (SSSR count). The van der Waals surface area contributed by atoms with Gasteiger partial charge in [-0.1, -0.05) is 39.0 Å². The van der Waals surface area contributed by atoms with E-state index in [4.69, 9.17) is 5.11 Å². The normalized spacial score (nSPS) is 10.6. The fourth-order valence-corrected chi connectivity index (χ4v) is 1.91. The topological polar surface area (TPSA) is 75.1 Å². The first-order valence-electron chi connectivity index (χ1n) is 6.98. The van der Waals surface area contributed by atoms with Gasteiger partial charge in [0.2, 0.25) is 0 Å². The summed E-state index contributed by atoms with van der Waals surface area (Å²) in [6, 6.07) is 0. The highest BCUT2D eigenvalue weighted by Gasteiger charge is 2.10. The molecular formula is C14H23N3O2. The number of carbonyl (C=O) groups is 1. The molecule has 0 aliphatic heterocycles. The Morgan fingerprint density at radius 3 is 2.74 bits per heavy atom. The van der Waals surface area contributed by atoms with Gasteiger partial charge in [0.1, 0.15) is 11.9 Å². The van der Waals surface area contributed by atoms with Crippen LogP contribution >= 0.6 is 0 Å². The Labute approximate surface area is 114 Å². The van der Waals surface area contributed by atoms with E-state index in [0.717, 1.165) is 13.0 Å². The molecule has 1 aromatic rings. The van der Waals surface area contributed by atoms with Crippen molar-refractivity contribution in [3.8, 4) is 0 Å². The first-order chi connectivity index (χ1) is 9.25. The van der Waals surface area contributed by atoms with Crippen LogP contribution in [0.15, 0.2) is 12.5 Å². The summed E-state index contributed by atoms with van der Waals surface area (Å²) >= 11 is 0. The highest BCUT2D eigenvalue weighted by atomic mass is 16.4. The number of nitrogens with one attached hydrogen (secondary N) is 1. The first-order valence-corrected chi connectivity index (χ1v) is 6.98. The lowest BCUT2D eigenvalue weighted by Crippen LogP contribution is -2.18. The molecule has 5 heteroatoms. The molecule has 106 valence electrons. The molecule has 0 amide bonds. The largest absolute Gasteiger partial charge is 0.478 e. The second kappa shape index (κ2) is 9.44. The Morgan fingerprint density at radius 2 is 2.00 bits per heavy atom. The number of hydrogen-bond acceptors (Lipinski definition) is 4. The van der Waals surface area contributed by atoms with Crippen LogP contribution in [0.3, 0.4) is 0 Å². The summed E-state index contributed by atoms with van der Waals surface area (Å²) in [7, 11) is 0. The summed E-state index contributed by atoms with van der Waals surface area (Å²) in [4.78, 5) is 18.7. The van der Waals surface area contributed by atoms with E-state index in [1.54, 1.807) is 0 Å². The predicted molar refractivity (Wildman–Crippen MR) is 74.1 cm³/mol. The molecule has 5 nitrogen and oxygen atoms in total. The van der Waals surface area contributed by atoms with Crippen LogP contribution in [0.4, 0.5) is 0 Å². The maximum Gasteiger partial charge on any atom is 0.339 e. The molecule has 19 heavy (non-hydrogen) atoms. The molecule has 0 aromatic carbocycles. The maximum atomic E-state index is 10.9. The van der Waals surface area contributed by atoms with Gasteiger partial charge in [0.25, 0.3) is 0 Å². The molecule has 0 spiro atoms. The van der Waals surface area contributed by atoms with Gasteiger partial charge in [-0.15, -0.1) is 0 Å². The molecule has 0 radical (unpaired) electrons. The van der Waals surface area contributed by atoms with Gasteiger partial charge >= 0.3 is 5.97 Å². The predicted octanol–water partition coefficient (Wildman–Crippen LogP) is 2.62. The summed E-state index contributed by atoms with van der Waals surface area (Å²) in [5.41, 5.74) is 0.728. The first kappa shape index (κ1) is 15.6. The minimum Gasteiger partial charge on any atom is -0.478 e. The van der Waals surface area contributed by atoms with Gasteiger partial charge in [0.05, 0.1) is 5.69 Å². The average molecular weight is 265 g/mol. The van der Waals surface area contributed by atoms with Gasteiger partial charge in [-0.3, -0.25) is 0 Å². The van der Waals surface area contributed by atoms with Crippen LogP contribution in [0.5, 0.6) is 0 Å². The molecule has 1 heterocycles. The quantitative estimate of drug-likeness (QED) is 0.636. The van der Waals surface area contributed by atoms with Gasteiger partial charge in [0, 0.05) is 12.7 Å². The molecule has 0 bridgehead atoms. The third kappa shape index (κ3) is 6.29. The van der Waals surface area contributed by atoms with Crippen molar-refractivity contribution < 1.29 is 9.90 Å². The smallest absolute Gasteiger partial charge is 0.339 e. The standard InChI is InChI=1S/C14H23N3O2/c1-2-3-4-5-6-7-8-15-10-13-12(14(18)19)9-16-11-17-13/h9,11,15H,2-8,10H2,1H3,(H,18,19). The van der Waals surface area contributed by atoms with Crippen molar-refractivity contribution in [2.45, 2.75) is 52.0 Å². The molecule has 0 aliphatic carbocycles. The SMILES string of the molecule is CCCCCCCCNCc1ncncc1C(=O)O. The average Bonchev–Trinajstić information content (AvgIpc) is 2.42. The van der Waals surface area contributed by atoms with Gasteiger partial charge in [-0.2, -0.15) is 0 Å². The third-order valence-electron chi connectivity index (χ3n) is 3.02. The van der Waals surface area contributed by atoms with Crippen molar-refractivity contribution in [2.75, 3.05) is 6.54 Å². The van der Waals surface area contributed by atoms with Crippen molar-refractivity contribution in [3.05, 3.63) is 23.8 Å². The van der Waals surface area contributed by atoms with Crippen molar-refractivity contribution in [2.24, 2.45) is 0 Å². The Kier molecular flexibility index (Phi) is 7.74. The van der Waals surface area contributed by atoms with Crippen LogP contribution in [0.1, 0.15) is 61.5 Å². The molecule has 1 aromatic heterocycles. The molecule has 0 saturated carbocycles. The summed E-state index contributed by atoms with van der Waals surface area (Å²) in [6.07, 6.45) is 10.3. The van der Waals surface area contributed by atoms with E-state index in [-0.39, 0.29) is 5.56 Å². The lowest BCUT2D eigenvalue weighted by molar-refractivity contribution is 0.0694. The van der Waals surface area contributed by atoms with E-state index >= 15 is 0 Å². The zero-order valence-electron chi connectivity index (χ0n) is 11.6. The van der Waals surface area contributed by atoms with Crippen molar-refractivity contribution in [1.29, 1.82) is 0 Å². The number of carboxylic acid groups (broad SMARTS) is 1. The van der Waals surface area contributed by atoms with Crippen molar-refractivity contribution in [1.82, 2.24) is 15.3 Å². The number of hydrogen-bond donors (Lipinski definition) is 2. The second-order valence-electron chi connectivity index (χ2n) is 4.63. The number of rotatable bonds is 10.